The highest BCUT2D eigenvalue weighted by molar-refractivity contribution is 6.05. The molecule has 0 saturated heterocycles. The Balaban J connectivity index is 1.72. The summed E-state index contributed by atoms with van der Waals surface area (Å²) in [5, 5.41) is 7.79. The molecule has 4 rings (SSSR count). The minimum Gasteiger partial charge on any atom is -0.497 e. The van der Waals surface area contributed by atoms with Crippen molar-refractivity contribution in [2.45, 2.75) is 19.3 Å². The van der Waals surface area contributed by atoms with Crippen LogP contribution in [0.3, 0.4) is 0 Å². The number of hydrogen-bond donors (Lipinski definition) is 1. The maximum Gasteiger partial charge on any atom is 0.257 e. The third-order valence-corrected chi connectivity index (χ3v) is 4.75. The standard InChI is InChI=1S/C21H21N3O3/c1-26-16-11-14(12-17(13-16)27-2)21(25)22-20-18-9-6-10-19(18)23-24(20)15-7-4-3-5-8-15/h3-5,7-8,11-13H,6,9-10H2,1-2H3,(H,22,25). The van der Waals surface area contributed by atoms with E-state index in [4.69, 9.17) is 14.6 Å². The van der Waals surface area contributed by atoms with E-state index in [-0.39, 0.29) is 5.91 Å². The smallest absolute Gasteiger partial charge is 0.257 e. The first-order valence-electron chi connectivity index (χ1n) is 8.90. The first kappa shape index (κ1) is 17.1. The minimum absolute atomic E-state index is 0.223. The molecular weight excluding hydrogens is 342 g/mol. The number of carbonyl (C=O) groups is 1. The Morgan fingerprint density at radius 2 is 1.74 bits per heavy atom. The van der Waals surface area contributed by atoms with Gasteiger partial charge in [-0.2, -0.15) is 5.10 Å². The van der Waals surface area contributed by atoms with Crippen molar-refractivity contribution in [3.05, 3.63) is 65.4 Å². The molecule has 0 unspecified atom stereocenters. The van der Waals surface area contributed by atoms with Crippen molar-refractivity contribution < 1.29 is 14.3 Å². The number of aryl methyl sites for hydroxylation is 1. The largest absolute Gasteiger partial charge is 0.497 e. The van der Waals surface area contributed by atoms with Gasteiger partial charge in [0.05, 0.1) is 25.6 Å². The lowest BCUT2D eigenvalue weighted by molar-refractivity contribution is 0.102. The molecular formula is C21H21N3O3. The molecule has 0 bridgehead atoms. The number of nitrogens with zero attached hydrogens (tertiary/aromatic N) is 2. The van der Waals surface area contributed by atoms with Crippen LogP contribution in [-0.2, 0) is 12.8 Å². The summed E-state index contributed by atoms with van der Waals surface area (Å²) >= 11 is 0. The molecule has 0 atom stereocenters. The summed E-state index contributed by atoms with van der Waals surface area (Å²) in [6.45, 7) is 0. The number of carbonyl (C=O) groups excluding carboxylic acids is 1. The van der Waals surface area contributed by atoms with Crippen LogP contribution >= 0.6 is 0 Å². The van der Waals surface area contributed by atoms with Crippen LogP contribution in [0, 0.1) is 0 Å². The van der Waals surface area contributed by atoms with Crippen LogP contribution in [0.2, 0.25) is 0 Å². The maximum atomic E-state index is 13.0. The van der Waals surface area contributed by atoms with Gasteiger partial charge in [0.15, 0.2) is 0 Å². The molecule has 1 aliphatic rings. The first-order chi connectivity index (χ1) is 13.2. The number of benzene rings is 2. The maximum absolute atomic E-state index is 13.0. The number of fused-ring (bicyclic) bond motifs is 1. The molecule has 0 saturated carbocycles. The van der Waals surface area contributed by atoms with Crippen molar-refractivity contribution in [2.75, 3.05) is 19.5 Å². The highest BCUT2D eigenvalue weighted by atomic mass is 16.5. The Labute approximate surface area is 157 Å². The number of para-hydroxylation sites is 1. The van der Waals surface area contributed by atoms with Crippen molar-refractivity contribution in [1.29, 1.82) is 0 Å². The van der Waals surface area contributed by atoms with E-state index in [2.05, 4.69) is 5.32 Å². The van der Waals surface area contributed by atoms with Crippen LogP contribution in [0.15, 0.2) is 48.5 Å². The number of methoxy groups -OCH3 is 2. The zero-order valence-electron chi connectivity index (χ0n) is 15.4. The summed E-state index contributed by atoms with van der Waals surface area (Å²) in [7, 11) is 3.13. The van der Waals surface area contributed by atoms with Crippen LogP contribution < -0.4 is 14.8 Å². The molecule has 0 radical (unpaired) electrons. The fraction of sp³-hybridized carbons (Fsp3) is 0.238. The minimum atomic E-state index is -0.223. The summed E-state index contributed by atoms with van der Waals surface area (Å²) in [6.07, 6.45) is 2.91. The van der Waals surface area contributed by atoms with Gasteiger partial charge < -0.3 is 14.8 Å². The van der Waals surface area contributed by atoms with Gasteiger partial charge >= 0.3 is 0 Å². The second-order valence-corrected chi connectivity index (χ2v) is 6.43. The van der Waals surface area contributed by atoms with Crippen LogP contribution in [0.4, 0.5) is 5.82 Å². The molecule has 0 aliphatic heterocycles. The monoisotopic (exact) mass is 363 g/mol. The molecule has 0 fully saturated rings. The molecule has 1 N–H and O–H groups in total. The molecule has 1 aromatic heterocycles. The number of anilines is 1. The van der Waals surface area contributed by atoms with Crippen molar-refractivity contribution >= 4 is 11.7 Å². The Morgan fingerprint density at radius 1 is 1.04 bits per heavy atom. The van der Waals surface area contributed by atoms with Gasteiger partial charge in [-0.25, -0.2) is 4.68 Å². The van der Waals surface area contributed by atoms with E-state index < -0.39 is 0 Å². The molecule has 1 amide bonds. The van der Waals surface area contributed by atoms with Crippen molar-refractivity contribution in [3.8, 4) is 17.2 Å². The van der Waals surface area contributed by atoms with Crippen LogP contribution in [-0.4, -0.2) is 29.9 Å². The van der Waals surface area contributed by atoms with Crippen molar-refractivity contribution in [1.82, 2.24) is 9.78 Å². The number of hydrogen-bond acceptors (Lipinski definition) is 4. The molecule has 1 heterocycles. The highest BCUT2D eigenvalue weighted by Gasteiger charge is 2.24. The van der Waals surface area contributed by atoms with E-state index in [0.29, 0.717) is 17.1 Å². The van der Waals surface area contributed by atoms with E-state index in [0.717, 1.165) is 42.0 Å². The molecule has 2 aromatic carbocycles. The number of rotatable bonds is 5. The first-order valence-corrected chi connectivity index (χ1v) is 8.90. The normalized spacial score (nSPS) is 12.5. The summed E-state index contributed by atoms with van der Waals surface area (Å²) in [4.78, 5) is 13.0. The number of aromatic nitrogens is 2. The summed E-state index contributed by atoms with van der Waals surface area (Å²) in [5.41, 5.74) is 3.56. The Bertz CT molecular complexity index is 958. The number of ether oxygens (including phenoxy) is 2. The average molecular weight is 363 g/mol. The van der Waals surface area contributed by atoms with Crippen molar-refractivity contribution in [3.63, 3.8) is 0 Å². The second-order valence-electron chi connectivity index (χ2n) is 6.43. The number of nitrogens with one attached hydrogen (secondary N) is 1. The lowest BCUT2D eigenvalue weighted by Crippen LogP contribution is -2.16. The predicted molar refractivity (Wildman–Crippen MR) is 103 cm³/mol. The fourth-order valence-electron chi connectivity index (χ4n) is 3.39. The Kier molecular flexibility index (Phi) is 4.54. The number of amides is 1. The van der Waals surface area contributed by atoms with Gasteiger partial charge in [-0.05, 0) is 43.5 Å². The molecule has 3 aromatic rings. The summed E-state index contributed by atoms with van der Waals surface area (Å²) in [6, 6.07) is 15.0. The van der Waals surface area contributed by atoms with E-state index in [1.165, 1.54) is 0 Å². The molecule has 0 spiro atoms. The topological polar surface area (TPSA) is 65.4 Å². The molecule has 6 heteroatoms. The zero-order valence-corrected chi connectivity index (χ0v) is 15.4. The summed E-state index contributed by atoms with van der Waals surface area (Å²) in [5.74, 6) is 1.65. The van der Waals surface area contributed by atoms with Crippen LogP contribution in [0.1, 0.15) is 28.0 Å². The highest BCUT2D eigenvalue weighted by Crippen LogP contribution is 2.31. The summed E-state index contributed by atoms with van der Waals surface area (Å²) < 4.78 is 12.4. The van der Waals surface area contributed by atoms with Gasteiger partial charge in [0.1, 0.15) is 17.3 Å². The lowest BCUT2D eigenvalue weighted by atomic mass is 10.1. The Hall–Kier alpha value is -3.28. The second kappa shape index (κ2) is 7.15. The SMILES string of the molecule is COc1cc(OC)cc(C(=O)Nc2c3c(nn2-c2ccccc2)CCC3)c1. The third-order valence-electron chi connectivity index (χ3n) is 4.75. The van der Waals surface area contributed by atoms with E-state index in [9.17, 15) is 4.79 Å². The molecule has 138 valence electrons. The van der Waals surface area contributed by atoms with Crippen LogP contribution in [0.25, 0.3) is 5.69 Å². The van der Waals surface area contributed by atoms with Gasteiger partial charge in [0, 0.05) is 17.2 Å². The molecule has 27 heavy (non-hydrogen) atoms. The van der Waals surface area contributed by atoms with Gasteiger partial charge in [0.2, 0.25) is 0 Å². The molecule has 6 nitrogen and oxygen atoms in total. The van der Waals surface area contributed by atoms with Crippen LogP contribution in [0.5, 0.6) is 11.5 Å². The zero-order chi connectivity index (χ0) is 18.8. The molecule has 1 aliphatic carbocycles. The van der Waals surface area contributed by atoms with Gasteiger partial charge in [0.25, 0.3) is 5.91 Å². The van der Waals surface area contributed by atoms with Gasteiger partial charge in [-0.1, -0.05) is 18.2 Å². The van der Waals surface area contributed by atoms with E-state index >= 15 is 0 Å². The van der Waals surface area contributed by atoms with Gasteiger partial charge in [-0.15, -0.1) is 0 Å². The van der Waals surface area contributed by atoms with E-state index in [1.54, 1.807) is 32.4 Å². The van der Waals surface area contributed by atoms with E-state index in [1.807, 2.05) is 35.0 Å². The fourth-order valence-corrected chi connectivity index (χ4v) is 3.39. The average Bonchev–Trinajstić information content (AvgIpc) is 3.30. The lowest BCUT2D eigenvalue weighted by Gasteiger charge is -2.12. The van der Waals surface area contributed by atoms with Gasteiger partial charge in [-0.3, -0.25) is 4.79 Å². The Morgan fingerprint density at radius 3 is 2.41 bits per heavy atom. The quantitative estimate of drug-likeness (QED) is 0.752. The predicted octanol–water partition coefficient (Wildman–Crippen LogP) is 3.63. The van der Waals surface area contributed by atoms with Crippen molar-refractivity contribution in [2.24, 2.45) is 0 Å². The third kappa shape index (κ3) is 3.26.